The topological polar surface area (TPSA) is 128 Å². The van der Waals surface area contributed by atoms with Crippen molar-refractivity contribution in [1.82, 2.24) is 10.2 Å². The number of phenols is 1. The lowest BCUT2D eigenvalue weighted by molar-refractivity contribution is -0.384. The van der Waals surface area contributed by atoms with Gasteiger partial charge in [-0.1, -0.05) is 24.3 Å². The van der Waals surface area contributed by atoms with E-state index in [1.165, 1.54) is 18.2 Å². The van der Waals surface area contributed by atoms with Crippen molar-refractivity contribution in [1.29, 1.82) is 0 Å². The number of benzene rings is 2. The summed E-state index contributed by atoms with van der Waals surface area (Å²) in [6, 6.07) is 10.9. The van der Waals surface area contributed by atoms with Crippen LogP contribution in [-0.4, -0.2) is 25.9 Å². The molecule has 0 amide bonds. The van der Waals surface area contributed by atoms with Gasteiger partial charge in [0, 0.05) is 22.9 Å². The summed E-state index contributed by atoms with van der Waals surface area (Å²) in [6.07, 6.45) is 1.58. The van der Waals surface area contributed by atoms with Crippen molar-refractivity contribution in [3.8, 4) is 5.75 Å². The quantitative estimate of drug-likeness (QED) is 0.329. The summed E-state index contributed by atoms with van der Waals surface area (Å²) in [4.78, 5) is 10.4. The molecule has 0 aliphatic carbocycles. The SMILES string of the molecule is N/N=C(\c1cc([N+](=O)[O-])ccc1O)c1nncc2ccccc12. The number of rotatable bonds is 3. The number of hydrogen-bond acceptors (Lipinski definition) is 7. The molecule has 0 bridgehead atoms. The maximum atomic E-state index is 10.9. The normalized spacial score (nSPS) is 11.6. The maximum absolute atomic E-state index is 10.9. The summed E-state index contributed by atoms with van der Waals surface area (Å²) in [7, 11) is 0. The fourth-order valence-electron chi connectivity index (χ4n) is 2.29. The molecule has 3 aromatic rings. The van der Waals surface area contributed by atoms with E-state index in [-0.39, 0.29) is 22.7 Å². The summed E-state index contributed by atoms with van der Waals surface area (Å²) in [5, 5.41) is 34.1. The van der Waals surface area contributed by atoms with Crippen LogP contribution < -0.4 is 5.84 Å². The molecule has 0 spiro atoms. The average Bonchev–Trinajstić information content (AvgIpc) is 2.57. The molecule has 114 valence electrons. The van der Waals surface area contributed by atoms with Gasteiger partial charge in [0.15, 0.2) is 0 Å². The lowest BCUT2D eigenvalue weighted by Gasteiger charge is -2.09. The van der Waals surface area contributed by atoms with Crippen molar-refractivity contribution in [3.63, 3.8) is 0 Å². The summed E-state index contributed by atoms with van der Waals surface area (Å²) < 4.78 is 0. The van der Waals surface area contributed by atoms with Gasteiger partial charge < -0.3 is 10.9 Å². The van der Waals surface area contributed by atoms with Gasteiger partial charge in [-0.05, 0) is 6.07 Å². The van der Waals surface area contributed by atoms with Gasteiger partial charge in [-0.15, -0.1) is 5.10 Å². The van der Waals surface area contributed by atoms with Crippen molar-refractivity contribution >= 4 is 22.2 Å². The van der Waals surface area contributed by atoms with Crippen LogP contribution in [0.25, 0.3) is 10.8 Å². The van der Waals surface area contributed by atoms with E-state index in [1.54, 1.807) is 12.3 Å². The van der Waals surface area contributed by atoms with E-state index in [4.69, 9.17) is 5.84 Å². The van der Waals surface area contributed by atoms with Crippen LogP contribution in [0.4, 0.5) is 5.69 Å². The fraction of sp³-hybridized carbons (Fsp3) is 0. The van der Waals surface area contributed by atoms with Gasteiger partial charge in [-0.3, -0.25) is 10.1 Å². The van der Waals surface area contributed by atoms with E-state index in [1.807, 2.05) is 18.2 Å². The molecule has 1 aromatic heterocycles. The Labute approximate surface area is 130 Å². The Kier molecular flexibility index (Phi) is 3.55. The zero-order valence-corrected chi connectivity index (χ0v) is 11.7. The Morgan fingerprint density at radius 3 is 2.78 bits per heavy atom. The Morgan fingerprint density at radius 1 is 1.26 bits per heavy atom. The van der Waals surface area contributed by atoms with E-state index in [9.17, 15) is 15.2 Å². The van der Waals surface area contributed by atoms with Gasteiger partial charge in [0.2, 0.25) is 0 Å². The van der Waals surface area contributed by atoms with Crippen molar-refractivity contribution in [3.05, 3.63) is 70.0 Å². The molecule has 0 atom stereocenters. The number of phenolic OH excluding ortho intramolecular Hbond substituents is 1. The molecule has 23 heavy (non-hydrogen) atoms. The molecule has 3 N–H and O–H groups in total. The molecule has 0 saturated carbocycles. The Balaban J connectivity index is 2.25. The van der Waals surface area contributed by atoms with E-state index in [0.717, 1.165) is 10.8 Å². The van der Waals surface area contributed by atoms with Crippen LogP contribution in [0.5, 0.6) is 5.75 Å². The first-order chi connectivity index (χ1) is 11.1. The first kappa shape index (κ1) is 14.4. The summed E-state index contributed by atoms with van der Waals surface area (Å²) in [6.45, 7) is 0. The van der Waals surface area contributed by atoms with Gasteiger partial charge in [-0.25, -0.2) is 0 Å². The lowest BCUT2D eigenvalue weighted by atomic mass is 10.0. The minimum atomic E-state index is -0.564. The van der Waals surface area contributed by atoms with Crippen LogP contribution in [0.1, 0.15) is 11.3 Å². The van der Waals surface area contributed by atoms with Crippen LogP contribution in [-0.2, 0) is 0 Å². The third-order valence-corrected chi connectivity index (χ3v) is 3.37. The van der Waals surface area contributed by atoms with E-state index < -0.39 is 4.92 Å². The second-order valence-corrected chi connectivity index (χ2v) is 4.72. The predicted molar refractivity (Wildman–Crippen MR) is 84.1 cm³/mol. The first-order valence-electron chi connectivity index (χ1n) is 6.58. The molecular formula is C15H11N5O3. The highest BCUT2D eigenvalue weighted by atomic mass is 16.6. The van der Waals surface area contributed by atoms with Crippen molar-refractivity contribution < 1.29 is 10.0 Å². The molecule has 8 heteroatoms. The van der Waals surface area contributed by atoms with E-state index in [0.29, 0.717) is 5.69 Å². The summed E-state index contributed by atoms with van der Waals surface area (Å²) in [5.74, 6) is 5.28. The number of non-ortho nitro benzene ring substituents is 1. The monoisotopic (exact) mass is 309 g/mol. The number of hydrogen-bond donors (Lipinski definition) is 2. The highest BCUT2D eigenvalue weighted by molar-refractivity contribution is 6.19. The lowest BCUT2D eigenvalue weighted by Crippen LogP contribution is -2.11. The van der Waals surface area contributed by atoms with Crippen molar-refractivity contribution in [2.24, 2.45) is 10.9 Å². The molecule has 1 heterocycles. The van der Waals surface area contributed by atoms with Crippen molar-refractivity contribution in [2.45, 2.75) is 0 Å². The highest BCUT2D eigenvalue weighted by Gasteiger charge is 2.19. The number of nitro groups is 1. The van der Waals surface area contributed by atoms with Gasteiger partial charge in [0.05, 0.1) is 16.7 Å². The molecule has 0 radical (unpaired) electrons. The molecule has 0 aliphatic heterocycles. The third kappa shape index (κ3) is 2.53. The minimum Gasteiger partial charge on any atom is -0.507 e. The first-order valence-corrected chi connectivity index (χ1v) is 6.58. The van der Waals surface area contributed by atoms with Gasteiger partial charge >= 0.3 is 0 Å². The second kappa shape index (κ2) is 5.68. The zero-order valence-electron chi connectivity index (χ0n) is 11.7. The molecule has 0 aliphatic rings. The molecule has 0 fully saturated rings. The average molecular weight is 309 g/mol. The van der Waals surface area contributed by atoms with Gasteiger partial charge in [0.25, 0.3) is 5.69 Å². The number of nitrogens with two attached hydrogens (primary N) is 1. The Hall–Kier alpha value is -3.55. The number of hydrazone groups is 1. The van der Waals surface area contributed by atoms with Crippen LogP contribution in [0.15, 0.2) is 53.8 Å². The van der Waals surface area contributed by atoms with Crippen molar-refractivity contribution in [2.75, 3.05) is 0 Å². The van der Waals surface area contributed by atoms with Crippen LogP contribution in [0.3, 0.4) is 0 Å². The molecule has 0 saturated heterocycles. The predicted octanol–water partition coefficient (Wildman–Crippen LogP) is 1.95. The number of nitrogens with zero attached hydrogens (tertiary/aromatic N) is 4. The number of fused-ring (bicyclic) bond motifs is 1. The molecular weight excluding hydrogens is 298 g/mol. The van der Waals surface area contributed by atoms with Gasteiger partial charge in [-0.2, -0.15) is 10.2 Å². The van der Waals surface area contributed by atoms with E-state index in [2.05, 4.69) is 15.3 Å². The molecule has 3 rings (SSSR count). The Morgan fingerprint density at radius 2 is 2.04 bits per heavy atom. The van der Waals surface area contributed by atoms with Gasteiger partial charge in [0.1, 0.15) is 17.2 Å². The smallest absolute Gasteiger partial charge is 0.270 e. The number of aromatic hydroxyl groups is 1. The summed E-state index contributed by atoms with van der Waals surface area (Å²) >= 11 is 0. The van der Waals surface area contributed by atoms with Crippen LogP contribution in [0, 0.1) is 10.1 Å². The highest BCUT2D eigenvalue weighted by Crippen LogP contribution is 2.27. The second-order valence-electron chi connectivity index (χ2n) is 4.72. The summed E-state index contributed by atoms with van der Waals surface area (Å²) in [5.41, 5.74) is 0.386. The molecule has 0 unspecified atom stereocenters. The Bertz CT molecular complexity index is 934. The fourth-order valence-corrected chi connectivity index (χ4v) is 2.29. The number of aromatic nitrogens is 2. The standard InChI is InChI=1S/C15H11N5O3/c16-18-14(12-7-10(20(22)23)5-6-13(12)21)15-11-4-2-1-3-9(11)8-17-19-15/h1-8,21H,16H2/b18-14+. The number of nitro benzene ring substituents is 1. The maximum Gasteiger partial charge on any atom is 0.270 e. The van der Waals surface area contributed by atoms with E-state index >= 15 is 0 Å². The largest absolute Gasteiger partial charge is 0.507 e. The van der Waals surface area contributed by atoms with Crippen LogP contribution >= 0.6 is 0 Å². The van der Waals surface area contributed by atoms with Crippen LogP contribution in [0.2, 0.25) is 0 Å². The molecule has 2 aromatic carbocycles. The zero-order chi connectivity index (χ0) is 16.4. The molecule has 8 nitrogen and oxygen atoms in total. The third-order valence-electron chi connectivity index (χ3n) is 3.37. The minimum absolute atomic E-state index is 0.118.